The van der Waals surface area contributed by atoms with Gasteiger partial charge in [0.1, 0.15) is 0 Å². The molecule has 5 heavy (non-hydrogen) atoms. The molecular formula is O2Ti2V. The van der Waals surface area contributed by atoms with Crippen LogP contribution in [0.4, 0.5) is 0 Å². The van der Waals surface area contributed by atoms with E-state index in [4.69, 9.17) is 6.65 Å². The van der Waals surface area contributed by atoms with Gasteiger partial charge in [0.15, 0.2) is 0 Å². The Hall–Kier alpha value is 1.61. The monoisotopic (exact) mass is 179 g/mol. The van der Waals surface area contributed by atoms with E-state index in [1.165, 1.54) is 0 Å². The topological polar surface area (TPSA) is 34.1 Å². The number of hydrogen-bond acceptors (Lipinski definition) is 2. The van der Waals surface area contributed by atoms with Crippen LogP contribution >= 0.6 is 0 Å². The fourth-order valence-electron chi connectivity index (χ4n) is 0. The van der Waals surface area contributed by atoms with E-state index in [-0.39, 0.29) is 40.3 Å². The average Bonchev–Trinajstić information content (AvgIpc) is 0.918. The van der Waals surface area contributed by atoms with Gasteiger partial charge in [0.2, 0.25) is 0 Å². The Balaban J connectivity index is -0.0000000200. The Bertz CT molecular complexity index is 28.6. The summed E-state index contributed by atoms with van der Waals surface area (Å²) < 4.78 is 17.0. The van der Waals surface area contributed by atoms with Crippen molar-refractivity contribution in [3.05, 3.63) is 0 Å². The zero-order valence-electron chi connectivity index (χ0n) is 2.26. The molecule has 0 aromatic carbocycles. The van der Waals surface area contributed by atoms with Gasteiger partial charge < -0.3 is 0 Å². The van der Waals surface area contributed by atoms with Crippen LogP contribution in [0.25, 0.3) is 0 Å². The molecule has 25 valence electrons. The number of hydrogen-bond donors (Lipinski definition) is 0. The number of rotatable bonds is 0. The molecule has 0 saturated carbocycles. The van der Waals surface area contributed by atoms with Crippen LogP contribution in [0.3, 0.4) is 0 Å². The zero-order chi connectivity index (χ0) is 2.71. The van der Waals surface area contributed by atoms with Crippen molar-refractivity contribution >= 4 is 0 Å². The quantitative estimate of drug-likeness (QED) is 0.480. The Kier molecular flexibility index (Phi) is 55.8. The van der Waals surface area contributed by atoms with E-state index in [0.29, 0.717) is 0 Å². The van der Waals surface area contributed by atoms with Crippen molar-refractivity contribution in [1.82, 2.24) is 0 Å². The smallest absolute Gasteiger partial charge is 0 e. The molecular weight excluding hydrogens is 179 g/mol. The van der Waals surface area contributed by atoms with Gasteiger partial charge >= 0.3 is 25.7 Å². The first-order valence-electron chi connectivity index (χ1n) is 0.408. The molecule has 0 rings (SSSR count). The molecule has 0 amide bonds. The van der Waals surface area contributed by atoms with Crippen molar-refractivity contribution in [3.63, 3.8) is 0 Å². The van der Waals surface area contributed by atoms with Crippen LogP contribution in [0.1, 0.15) is 0 Å². The first kappa shape index (κ1) is 16.0. The van der Waals surface area contributed by atoms with Gasteiger partial charge in [-0.2, -0.15) is 0 Å². The molecule has 0 saturated heterocycles. The average molecular weight is 179 g/mol. The Labute approximate surface area is 65.4 Å². The van der Waals surface area contributed by atoms with E-state index < -0.39 is 19.1 Å². The maximum Gasteiger partial charge on any atom is 0 e. The molecule has 0 fully saturated rings. The van der Waals surface area contributed by atoms with Crippen LogP contribution in [-0.2, 0) is 66.0 Å². The van der Waals surface area contributed by atoms with Gasteiger partial charge in [0.05, 0.1) is 0 Å². The second kappa shape index (κ2) is 17.5. The summed E-state index contributed by atoms with van der Waals surface area (Å²) in [5.74, 6) is 0. The van der Waals surface area contributed by atoms with Crippen LogP contribution in [0.2, 0.25) is 0 Å². The molecule has 0 aromatic heterocycles. The van der Waals surface area contributed by atoms with E-state index >= 15 is 0 Å². The van der Waals surface area contributed by atoms with E-state index in [2.05, 4.69) is 0 Å². The van der Waals surface area contributed by atoms with Crippen molar-refractivity contribution < 1.29 is 66.0 Å². The summed E-state index contributed by atoms with van der Waals surface area (Å²) in [7, 11) is 0. The van der Waals surface area contributed by atoms with Crippen LogP contribution in [-0.4, -0.2) is 0 Å². The molecule has 0 heterocycles. The molecule has 2 nitrogen and oxygen atoms in total. The maximum atomic E-state index is 8.50. The molecule has 0 aliphatic heterocycles. The van der Waals surface area contributed by atoms with Gasteiger partial charge in [-0.15, -0.1) is 0 Å². The van der Waals surface area contributed by atoms with Gasteiger partial charge in [-0.25, -0.2) is 0 Å². The first-order valence-corrected chi connectivity index (χ1v) is 1.68. The molecule has 0 N–H and O–H groups in total. The molecule has 0 atom stereocenters. The largest absolute Gasteiger partial charge is 0 e. The Morgan fingerprint density at radius 3 is 1.20 bits per heavy atom. The molecule has 0 unspecified atom stereocenters. The normalized spacial score (nSPS) is 1.60. The van der Waals surface area contributed by atoms with E-state index in [9.17, 15) is 0 Å². The minimum Gasteiger partial charge on any atom is 0 e. The van der Waals surface area contributed by atoms with E-state index in [1.807, 2.05) is 0 Å². The Morgan fingerprint density at radius 2 is 1.20 bits per heavy atom. The molecule has 1 radical (unpaired) electrons. The minimum absolute atomic E-state index is 0. The molecule has 0 bridgehead atoms. The van der Waals surface area contributed by atoms with Crippen LogP contribution in [0.5, 0.6) is 0 Å². The Morgan fingerprint density at radius 1 is 1.20 bits per heavy atom. The third-order valence-electron chi connectivity index (χ3n) is 0. The molecule has 0 spiro atoms. The summed E-state index contributed by atoms with van der Waals surface area (Å²) in [4.78, 5) is 0. The van der Waals surface area contributed by atoms with Gasteiger partial charge in [0.25, 0.3) is 0 Å². The van der Waals surface area contributed by atoms with Crippen LogP contribution in [0, 0.1) is 0 Å². The summed E-state index contributed by atoms with van der Waals surface area (Å²) in [6.07, 6.45) is 0. The van der Waals surface area contributed by atoms with Crippen molar-refractivity contribution in [2.24, 2.45) is 0 Å². The minimum atomic E-state index is -2.00. The van der Waals surface area contributed by atoms with Crippen molar-refractivity contribution in [1.29, 1.82) is 0 Å². The predicted octanol–water partition coefficient (Wildman–Crippen LogP) is -0.245. The molecule has 0 aliphatic carbocycles. The third-order valence-corrected chi connectivity index (χ3v) is 0. The summed E-state index contributed by atoms with van der Waals surface area (Å²) in [5.41, 5.74) is 0. The van der Waals surface area contributed by atoms with Crippen molar-refractivity contribution in [3.8, 4) is 0 Å². The third kappa shape index (κ3) is 28.2. The molecule has 0 aliphatic rings. The molecule has 0 aromatic rings. The zero-order valence-corrected chi connectivity index (χ0v) is 6.78. The van der Waals surface area contributed by atoms with Gasteiger partial charge in [-0.05, 0) is 0 Å². The second-order valence-electron chi connectivity index (χ2n) is 0.0833. The molecule has 5 heteroatoms. The summed E-state index contributed by atoms with van der Waals surface area (Å²) in [5, 5.41) is 0. The maximum absolute atomic E-state index is 8.50. The predicted molar refractivity (Wildman–Crippen MR) is 1.37 cm³/mol. The van der Waals surface area contributed by atoms with Gasteiger partial charge in [0, 0.05) is 40.3 Å². The second-order valence-corrected chi connectivity index (χ2v) is 0.344. The van der Waals surface area contributed by atoms with Crippen LogP contribution < -0.4 is 0 Å². The fourth-order valence-corrected chi connectivity index (χ4v) is 0. The van der Waals surface area contributed by atoms with Crippen molar-refractivity contribution in [2.75, 3.05) is 0 Å². The van der Waals surface area contributed by atoms with Crippen molar-refractivity contribution in [2.45, 2.75) is 0 Å². The van der Waals surface area contributed by atoms with E-state index in [0.717, 1.165) is 0 Å². The summed E-state index contributed by atoms with van der Waals surface area (Å²) in [6.45, 7) is 0. The van der Waals surface area contributed by atoms with Crippen LogP contribution in [0.15, 0.2) is 0 Å². The standard InChI is InChI=1S/2O.2Ti.V. The van der Waals surface area contributed by atoms with Gasteiger partial charge in [-0.3, -0.25) is 0 Å². The fraction of sp³-hybridized carbons (Fsp3) is 0. The first-order chi connectivity index (χ1) is 1.41. The SMILES string of the molecule is [O]=[Ti]=[O].[Ti].[V]. The summed E-state index contributed by atoms with van der Waals surface area (Å²) >= 11 is -2.00. The summed E-state index contributed by atoms with van der Waals surface area (Å²) in [6, 6.07) is 0. The van der Waals surface area contributed by atoms with Gasteiger partial charge in [-0.1, -0.05) is 0 Å². The van der Waals surface area contributed by atoms with E-state index in [1.54, 1.807) is 0 Å².